The van der Waals surface area contributed by atoms with E-state index >= 15 is 0 Å². The van der Waals surface area contributed by atoms with Crippen LogP contribution in [0, 0.1) is 12.7 Å². The van der Waals surface area contributed by atoms with Gasteiger partial charge in [0.1, 0.15) is 11.9 Å². The van der Waals surface area contributed by atoms with Crippen LogP contribution in [0.25, 0.3) is 0 Å². The molecule has 5 rings (SSSR count). The van der Waals surface area contributed by atoms with Crippen LogP contribution in [-0.2, 0) is 17.9 Å². The van der Waals surface area contributed by atoms with Crippen molar-refractivity contribution >= 4 is 11.6 Å². The van der Waals surface area contributed by atoms with Crippen LogP contribution < -0.4 is 14.8 Å². The number of carbonyl (C=O) groups is 1. The van der Waals surface area contributed by atoms with Gasteiger partial charge in [-0.2, -0.15) is 5.10 Å². The first kappa shape index (κ1) is 17.7. The second-order valence-corrected chi connectivity index (χ2v) is 7.03. The number of amides is 1. The number of benzene rings is 2. The van der Waals surface area contributed by atoms with Crippen LogP contribution in [0.2, 0.25) is 0 Å². The third-order valence-corrected chi connectivity index (χ3v) is 5.05. The van der Waals surface area contributed by atoms with Gasteiger partial charge in [-0.15, -0.1) is 0 Å². The number of anilines is 1. The number of halogens is 1. The normalized spacial score (nSPS) is 17.1. The molecule has 0 saturated carbocycles. The molecular formula is C21H18FN3O4. The average Bonchev–Trinajstić information content (AvgIpc) is 3.36. The van der Waals surface area contributed by atoms with E-state index in [-0.39, 0.29) is 30.3 Å². The van der Waals surface area contributed by atoms with Crippen molar-refractivity contribution in [2.45, 2.75) is 26.2 Å². The van der Waals surface area contributed by atoms with Gasteiger partial charge in [-0.05, 0) is 54.4 Å². The average molecular weight is 395 g/mol. The summed E-state index contributed by atoms with van der Waals surface area (Å²) in [4.78, 5) is 12.6. The number of nitrogens with zero attached hydrogens (tertiary/aromatic N) is 2. The van der Waals surface area contributed by atoms with Crippen molar-refractivity contribution in [3.05, 3.63) is 70.8 Å². The number of hydrogen-bond donors (Lipinski definition) is 1. The fourth-order valence-electron chi connectivity index (χ4n) is 3.47. The smallest absolute Gasteiger partial charge is 0.276 e. The number of rotatable bonds is 3. The van der Waals surface area contributed by atoms with Gasteiger partial charge < -0.3 is 19.5 Å². The third-order valence-electron chi connectivity index (χ3n) is 5.05. The topological polar surface area (TPSA) is 74.6 Å². The number of aromatic nitrogens is 2. The van der Waals surface area contributed by atoms with Gasteiger partial charge in [0, 0.05) is 5.69 Å². The molecule has 0 radical (unpaired) electrons. The van der Waals surface area contributed by atoms with Crippen molar-refractivity contribution in [1.82, 2.24) is 9.78 Å². The molecule has 7 nitrogen and oxygen atoms in total. The molecule has 0 saturated heterocycles. The molecule has 0 aliphatic carbocycles. The molecule has 3 aromatic rings. The van der Waals surface area contributed by atoms with Crippen molar-refractivity contribution in [1.29, 1.82) is 0 Å². The maximum absolute atomic E-state index is 13.4. The summed E-state index contributed by atoms with van der Waals surface area (Å²) in [5, 5.41) is 7.18. The molecule has 3 heterocycles. The van der Waals surface area contributed by atoms with Gasteiger partial charge in [0.25, 0.3) is 5.91 Å². The Morgan fingerprint density at radius 1 is 1.17 bits per heavy atom. The van der Waals surface area contributed by atoms with E-state index in [2.05, 4.69) is 10.4 Å². The predicted octanol–water partition coefficient (Wildman–Crippen LogP) is 3.58. The lowest BCUT2D eigenvalue weighted by Gasteiger charge is -2.24. The number of fused-ring (bicyclic) bond motifs is 2. The lowest BCUT2D eigenvalue weighted by Crippen LogP contribution is -2.22. The molecule has 0 fully saturated rings. The van der Waals surface area contributed by atoms with Crippen LogP contribution in [0.5, 0.6) is 11.5 Å². The molecule has 2 aliphatic rings. The molecule has 29 heavy (non-hydrogen) atoms. The predicted molar refractivity (Wildman–Crippen MR) is 101 cm³/mol. The Hall–Kier alpha value is -3.39. The molecule has 1 N–H and O–H groups in total. The van der Waals surface area contributed by atoms with Gasteiger partial charge in [-0.3, -0.25) is 9.48 Å². The van der Waals surface area contributed by atoms with Gasteiger partial charge >= 0.3 is 0 Å². The Morgan fingerprint density at radius 2 is 2.03 bits per heavy atom. The maximum atomic E-state index is 13.4. The second kappa shape index (κ2) is 6.89. The number of hydrogen-bond acceptors (Lipinski definition) is 5. The van der Waals surface area contributed by atoms with E-state index in [9.17, 15) is 9.18 Å². The van der Waals surface area contributed by atoms with Crippen molar-refractivity contribution in [3.8, 4) is 11.5 Å². The van der Waals surface area contributed by atoms with E-state index < -0.39 is 0 Å². The fourth-order valence-corrected chi connectivity index (χ4v) is 3.47. The number of aryl methyl sites for hydroxylation is 1. The Bertz CT molecular complexity index is 1110. The first-order valence-electron chi connectivity index (χ1n) is 9.22. The minimum absolute atomic E-state index is 0.201. The van der Waals surface area contributed by atoms with Crippen LogP contribution in [0.4, 0.5) is 10.1 Å². The van der Waals surface area contributed by atoms with E-state index in [0.29, 0.717) is 30.2 Å². The highest BCUT2D eigenvalue weighted by Gasteiger charge is 2.26. The highest BCUT2D eigenvalue weighted by molar-refractivity contribution is 6.02. The Labute approximate surface area is 166 Å². The minimum atomic E-state index is -0.350. The van der Waals surface area contributed by atoms with Gasteiger partial charge in [0.15, 0.2) is 17.2 Å². The monoisotopic (exact) mass is 395 g/mol. The molecule has 2 aliphatic heterocycles. The molecule has 1 amide bonds. The quantitative estimate of drug-likeness (QED) is 0.734. The fraction of sp³-hybridized carbons (Fsp3) is 0.238. The second-order valence-electron chi connectivity index (χ2n) is 7.03. The van der Waals surface area contributed by atoms with Crippen molar-refractivity contribution < 1.29 is 23.4 Å². The Balaban J connectivity index is 1.32. The largest absolute Gasteiger partial charge is 0.454 e. The van der Waals surface area contributed by atoms with Crippen LogP contribution >= 0.6 is 0 Å². The highest BCUT2D eigenvalue weighted by atomic mass is 19.1. The number of ether oxygens (including phenoxy) is 3. The lowest BCUT2D eigenvalue weighted by atomic mass is 10.1. The third kappa shape index (κ3) is 3.31. The zero-order chi connectivity index (χ0) is 20.0. The van der Waals surface area contributed by atoms with Crippen LogP contribution in [0.3, 0.4) is 0 Å². The molecule has 0 bridgehead atoms. The van der Waals surface area contributed by atoms with Crippen LogP contribution in [0.1, 0.15) is 33.4 Å². The summed E-state index contributed by atoms with van der Waals surface area (Å²) in [6, 6.07) is 11.9. The van der Waals surface area contributed by atoms with Crippen molar-refractivity contribution in [3.63, 3.8) is 0 Å². The summed E-state index contributed by atoms with van der Waals surface area (Å²) >= 11 is 0. The molecule has 1 atom stereocenters. The summed E-state index contributed by atoms with van der Waals surface area (Å²) in [6.07, 6.45) is -0.201. The number of carbonyl (C=O) groups excluding carboxylic acids is 1. The van der Waals surface area contributed by atoms with E-state index in [4.69, 9.17) is 14.2 Å². The van der Waals surface area contributed by atoms with Gasteiger partial charge in [0.2, 0.25) is 6.79 Å². The van der Waals surface area contributed by atoms with E-state index in [1.54, 1.807) is 23.7 Å². The molecule has 8 heteroatoms. The van der Waals surface area contributed by atoms with Crippen LogP contribution in [-0.4, -0.2) is 22.5 Å². The van der Waals surface area contributed by atoms with E-state index in [1.165, 1.54) is 12.1 Å². The molecule has 1 unspecified atom stereocenters. The first-order chi connectivity index (χ1) is 14.1. The van der Waals surface area contributed by atoms with Gasteiger partial charge in [-0.1, -0.05) is 6.07 Å². The summed E-state index contributed by atoms with van der Waals surface area (Å²) in [5.74, 6) is 0.760. The first-order valence-corrected chi connectivity index (χ1v) is 9.22. The molecule has 148 valence electrons. The zero-order valence-electron chi connectivity index (χ0n) is 15.6. The van der Waals surface area contributed by atoms with Gasteiger partial charge in [-0.25, -0.2) is 4.39 Å². The molecule has 1 aromatic heterocycles. The maximum Gasteiger partial charge on any atom is 0.276 e. The molecule has 0 spiro atoms. The minimum Gasteiger partial charge on any atom is -0.454 e. The van der Waals surface area contributed by atoms with Crippen molar-refractivity contribution in [2.24, 2.45) is 0 Å². The lowest BCUT2D eigenvalue weighted by molar-refractivity contribution is -0.00127. The SMILES string of the molecule is Cc1cc(NC(=O)c2cc3n(n2)CC(c2ccc4c(c2)OCO4)OC3)ccc1F. The molecule has 2 aromatic carbocycles. The van der Waals surface area contributed by atoms with E-state index in [1.807, 2.05) is 18.2 Å². The summed E-state index contributed by atoms with van der Waals surface area (Å²) in [6.45, 7) is 2.69. The summed E-state index contributed by atoms with van der Waals surface area (Å²) in [5.41, 5.74) is 3.06. The van der Waals surface area contributed by atoms with Gasteiger partial charge in [0.05, 0.1) is 18.8 Å². The van der Waals surface area contributed by atoms with E-state index in [0.717, 1.165) is 17.0 Å². The summed E-state index contributed by atoms with van der Waals surface area (Å²) < 4.78 is 31.9. The van der Waals surface area contributed by atoms with Crippen LogP contribution in [0.15, 0.2) is 42.5 Å². The Kier molecular flexibility index (Phi) is 4.21. The highest BCUT2D eigenvalue weighted by Crippen LogP contribution is 2.36. The Morgan fingerprint density at radius 3 is 2.90 bits per heavy atom. The summed E-state index contributed by atoms with van der Waals surface area (Å²) in [7, 11) is 0. The standard InChI is InChI=1S/C21H18FN3O4/c1-12-6-14(3-4-16(12)22)23-21(26)17-8-15-10-27-20(9-25(15)24-17)13-2-5-18-19(7-13)29-11-28-18/h2-8,20H,9-11H2,1H3,(H,23,26). The molecular weight excluding hydrogens is 377 g/mol. The van der Waals surface area contributed by atoms with Crippen molar-refractivity contribution in [2.75, 3.05) is 12.1 Å². The zero-order valence-corrected chi connectivity index (χ0v) is 15.6. The number of nitrogens with one attached hydrogen (secondary N) is 1.